The number of hydrogen-bond donors (Lipinski definition) is 2. The Morgan fingerprint density at radius 1 is 1.17 bits per heavy atom. The molecule has 23 heavy (non-hydrogen) atoms. The molecule has 0 unspecified atom stereocenters. The van der Waals surface area contributed by atoms with Crippen LogP contribution in [0.1, 0.15) is 25.8 Å². The van der Waals surface area contributed by atoms with E-state index in [2.05, 4.69) is 22.8 Å². The first-order chi connectivity index (χ1) is 11.2. The van der Waals surface area contributed by atoms with Crippen LogP contribution in [0.25, 0.3) is 0 Å². The number of rotatable bonds is 6. The number of nitrogens with zero attached hydrogens (tertiary/aromatic N) is 1. The smallest absolute Gasteiger partial charge is 0.191 e. The van der Waals surface area contributed by atoms with Gasteiger partial charge >= 0.3 is 0 Å². The molecule has 0 aliphatic heterocycles. The van der Waals surface area contributed by atoms with E-state index in [1.807, 2.05) is 61.5 Å². The average Bonchev–Trinajstić information content (AvgIpc) is 2.57. The molecule has 0 bridgehead atoms. The van der Waals surface area contributed by atoms with Crippen molar-refractivity contribution < 1.29 is 4.74 Å². The van der Waals surface area contributed by atoms with Crippen LogP contribution >= 0.6 is 12.2 Å². The van der Waals surface area contributed by atoms with Gasteiger partial charge in [0.05, 0.1) is 12.3 Å². The lowest BCUT2D eigenvalue weighted by molar-refractivity contribution is 0.217. The molecule has 0 spiro atoms. The van der Waals surface area contributed by atoms with E-state index in [1.165, 1.54) is 0 Å². The third kappa shape index (κ3) is 5.71. The Hall–Kier alpha value is -2.40. The summed E-state index contributed by atoms with van der Waals surface area (Å²) in [5.41, 5.74) is 4.63. The molecule has 4 nitrogen and oxygen atoms in total. The first-order valence-electron chi connectivity index (χ1n) is 7.60. The summed E-state index contributed by atoms with van der Waals surface area (Å²) in [6, 6.07) is 17.5. The molecule has 2 rings (SSSR count). The highest BCUT2D eigenvalue weighted by Crippen LogP contribution is 2.18. The van der Waals surface area contributed by atoms with Gasteiger partial charge in [0.1, 0.15) is 5.75 Å². The maximum Gasteiger partial charge on any atom is 0.191 e. The lowest BCUT2D eigenvalue weighted by atomic mass is 10.2. The molecule has 0 aliphatic rings. The first-order valence-corrected chi connectivity index (χ1v) is 8.00. The minimum atomic E-state index is 0.165. The van der Waals surface area contributed by atoms with Gasteiger partial charge in [0.2, 0.25) is 0 Å². The number of anilines is 1. The van der Waals surface area contributed by atoms with Gasteiger partial charge in [-0.25, -0.2) is 0 Å². The second-order valence-corrected chi connectivity index (χ2v) is 5.47. The summed E-state index contributed by atoms with van der Waals surface area (Å²) in [6.45, 7) is 4.14. The number of benzene rings is 2. The van der Waals surface area contributed by atoms with Gasteiger partial charge in [0.15, 0.2) is 5.11 Å². The number of hydrogen-bond acceptors (Lipinski definition) is 3. The van der Waals surface area contributed by atoms with E-state index in [4.69, 9.17) is 17.0 Å². The molecule has 0 heterocycles. The van der Waals surface area contributed by atoms with E-state index in [-0.39, 0.29) is 6.10 Å². The topological polar surface area (TPSA) is 45.6 Å². The molecule has 2 aromatic rings. The summed E-state index contributed by atoms with van der Waals surface area (Å²) in [5, 5.41) is 7.67. The molecule has 0 aromatic heterocycles. The summed E-state index contributed by atoms with van der Waals surface area (Å²) in [5.74, 6) is 0.814. The molecule has 120 valence electrons. The van der Waals surface area contributed by atoms with Crippen molar-refractivity contribution in [2.24, 2.45) is 5.10 Å². The Labute approximate surface area is 142 Å². The Kier molecular flexibility index (Phi) is 6.56. The van der Waals surface area contributed by atoms with Gasteiger partial charge in [-0.1, -0.05) is 37.3 Å². The zero-order valence-electron chi connectivity index (χ0n) is 13.3. The summed E-state index contributed by atoms with van der Waals surface area (Å²) in [6.07, 6.45) is 2.82. The van der Waals surface area contributed by atoms with E-state index < -0.39 is 0 Å². The fraction of sp³-hybridized carbons (Fsp3) is 0.222. The summed E-state index contributed by atoms with van der Waals surface area (Å²) in [4.78, 5) is 0. The summed E-state index contributed by atoms with van der Waals surface area (Å²) < 4.78 is 5.88. The Balaban J connectivity index is 1.94. The van der Waals surface area contributed by atoms with Crippen LogP contribution in [-0.2, 0) is 0 Å². The van der Waals surface area contributed by atoms with Crippen LogP contribution < -0.4 is 15.5 Å². The largest absolute Gasteiger partial charge is 0.490 e. The molecular formula is C18H21N3OS. The van der Waals surface area contributed by atoms with Gasteiger partial charge in [-0.2, -0.15) is 5.10 Å². The van der Waals surface area contributed by atoms with Gasteiger partial charge in [0, 0.05) is 11.3 Å². The average molecular weight is 327 g/mol. The van der Waals surface area contributed by atoms with Crippen molar-refractivity contribution in [3.63, 3.8) is 0 Å². The van der Waals surface area contributed by atoms with Crippen molar-refractivity contribution in [2.45, 2.75) is 26.4 Å². The second kappa shape index (κ2) is 8.90. The third-order valence-corrected chi connectivity index (χ3v) is 3.42. The van der Waals surface area contributed by atoms with E-state index in [0.717, 1.165) is 23.4 Å². The van der Waals surface area contributed by atoms with Crippen LogP contribution in [0.3, 0.4) is 0 Å². The minimum absolute atomic E-state index is 0.165. The SMILES string of the molecule is CC[C@@H](C)Oc1ccccc1/C=N\NC(=S)Nc1ccccc1. The molecule has 2 N–H and O–H groups in total. The van der Waals surface area contributed by atoms with Crippen LogP contribution in [0, 0.1) is 0 Å². The maximum absolute atomic E-state index is 5.88. The van der Waals surface area contributed by atoms with Crippen LogP contribution in [0.2, 0.25) is 0 Å². The fourth-order valence-corrected chi connectivity index (χ4v) is 2.01. The van der Waals surface area contributed by atoms with E-state index in [1.54, 1.807) is 6.21 Å². The highest BCUT2D eigenvalue weighted by molar-refractivity contribution is 7.80. The number of hydrazone groups is 1. The normalized spacial score (nSPS) is 11.9. The van der Waals surface area contributed by atoms with Gasteiger partial charge in [-0.3, -0.25) is 5.43 Å². The minimum Gasteiger partial charge on any atom is -0.490 e. The number of nitrogens with one attached hydrogen (secondary N) is 2. The first kappa shape index (κ1) is 17.0. The number of thiocarbonyl (C=S) groups is 1. The van der Waals surface area contributed by atoms with E-state index in [9.17, 15) is 0 Å². The van der Waals surface area contributed by atoms with E-state index >= 15 is 0 Å². The quantitative estimate of drug-likeness (QED) is 0.474. The van der Waals surface area contributed by atoms with Gasteiger partial charge in [-0.15, -0.1) is 0 Å². The molecule has 2 aromatic carbocycles. The summed E-state index contributed by atoms with van der Waals surface area (Å²) in [7, 11) is 0. The molecule has 0 saturated carbocycles. The van der Waals surface area contributed by atoms with Crippen molar-refractivity contribution in [1.82, 2.24) is 5.43 Å². The highest BCUT2D eigenvalue weighted by Gasteiger charge is 2.04. The van der Waals surface area contributed by atoms with Crippen molar-refractivity contribution in [1.29, 1.82) is 0 Å². The Bertz CT molecular complexity index is 658. The predicted molar refractivity (Wildman–Crippen MR) is 100 cm³/mol. The van der Waals surface area contributed by atoms with E-state index in [0.29, 0.717) is 5.11 Å². The fourth-order valence-electron chi connectivity index (χ4n) is 1.84. The van der Waals surface area contributed by atoms with Crippen molar-refractivity contribution in [3.8, 4) is 5.75 Å². The van der Waals surface area contributed by atoms with Gasteiger partial charge in [0.25, 0.3) is 0 Å². The Morgan fingerprint density at radius 3 is 2.61 bits per heavy atom. The van der Waals surface area contributed by atoms with Crippen LogP contribution in [-0.4, -0.2) is 17.4 Å². The van der Waals surface area contributed by atoms with Crippen molar-refractivity contribution in [3.05, 3.63) is 60.2 Å². The standard InChI is InChI=1S/C18H21N3OS/c1-3-14(2)22-17-12-8-7-9-15(17)13-19-21-18(23)20-16-10-5-4-6-11-16/h4-14H,3H2,1-2H3,(H2,20,21,23)/b19-13-/t14-/m1/s1. The number of ether oxygens (including phenoxy) is 1. The molecular weight excluding hydrogens is 306 g/mol. The zero-order valence-corrected chi connectivity index (χ0v) is 14.1. The highest BCUT2D eigenvalue weighted by atomic mass is 32.1. The zero-order chi connectivity index (χ0) is 16.5. The molecule has 0 amide bonds. The summed E-state index contributed by atoms with van der Waals surface area (Å²) >= 11 is 5.21. The van der Waals surface area contributed by atoms with Crippen LogP contribution in [0.15, 0.2) is 59.7 Å². The molecule has 0 radical (unpaired) electrons. The van der Waals surface area contributed by atoms with Gasteiger partial charge in [-0.05, 0) is 49.8 Å². The molecule has 0 saturated heterocycles. The molecule has 0 fully saturated rings. The Morgan fingerprint density at radius 2 is 1.87 bits per heavy atom. The second-order valence-electron chi connectivity index (χ2n) is 5.06. The van der Waals surface area contributed by atoms with Crippen LogP contribution in [0.4, 0.5) is 5.69 Å². The predicted octanol–water partition coefficient (Wildman–Crippen LogP) is 4.18. The van der Waals surface area contributed by atoms with Gasteiger partial charge < -0.3 is 10.1 Å². The maximum atomic E-state index is 5.88. The molecule has 0 aliphatic carbocycles. The third-order valence-electron chi connectivity index (χ3n) is 3.22. The van der Waals surface area contributed by atoms with Crippen molar-refractivity contribution >= 4 is 29.2 Å². The monoisotopic (exact) mass is 327 g/mol. The molecule has 1 atom stereocenters. The lowest BCUT2D eigenvalue weighted by Gasteiger charge is -2.14. The molecule has 5 heteroatoms. The number of para-hydroxylation sites is 2. The van der Waals surface area contributed by atoms with Crippen molar-refractivity contribution in [2.75, 3.05) is 5.32 Å². The lowest BCUT2D eigenvalue weighted by Crippen LogP contribution is -2.23. The van der Waals surface area contributed by atoms with Crippen LogP contribution in [0.5, 0.6) is 5.75 Å².